The van der Waals surface area contributed by atoms with E-state index in [1.807, 2.05) is 0 Å². The van der Waals surface area contributed by atoms with Crippen LogP contribution in [0.5, 0.6) is 0 Å². The first-order valence-electron chi connectivity index (χ1n) is 3.91. The van der Waals surface area contributed by atoms with Gasteiger partial charge < -0.3 is 5.11 Å². The maximum atomic E-state index is 13.0. The Kier molecular flexibility index (Phi) is 2.91. The van der Waals surface area contributed by atoms with Crippen molar-refractivity contribution in [2.45, 2.75) is 13.8 Å². The van der Waals surface area contributed by atoms with Crippen molar-refractivity contribution in [3.63, 3.8) is 0 Å². The van der Waals surface area contributed by atoms with Crippen molar-refractivity contribution in [2.75, 3.05) is 0 Å². The summed E-state index contributed by atoms with van der Waals surface area (Å²) in [6, 6.07) is 0. The topological polar surface area (TPSA) is 63.1 Å². The van der Waals surface area contributed by atoms with Crippen LogP contribution in [-0.4, -0.2) is 21.0 Å². The minimum atomic E-state index is -1.59. The molecule has 1 aromatic rings. The zero-order valence-corrected chi connectivity index (χ0v) is 7.78. The molecule has 0 aliphatic rings. The Hall–Kier alpha value is -1.78. The molecule has 74 valence electrons. The number of allylic oxidation sites excluding steroid dienone is 1. The lowest BCUT2D eigenvalue weighted by Gasteiger charge is -2.03. The van der Waals surface area contributed by atoms with Gasteiger partial charge in [-0.05, 0) is 13.8 Å². The predicted octanol–water partition coefficient (Wildman–Crippen LogP) is 1.57. The quantitative estimate of drug-likeness (QED) is 0.729. The Morgan fingerprint density at radius 3 is 2.50 bits per heavy atom. The SMILES string of the molecule is C/C(=C(/F)C(=O)O)c1nccnc1C. The molecule has 5 heteroatoms. The molecule has 0 saturated carbocycles. The number of hydrogen-bond acceptors (Lipinski definition) is 3. The van der Waals surface area contributed by atoms with Gasteiger partial charge in [0.15, 0.2) is 0 Å². The summed E-state index contributed by atoms with van der Waals surface area (Å²) in [6.45, 7) is 3.00. The number of halogens is 1. The van der Waals surface area contributed by atoms with Gasteiger partial charge in [0, 0.05) is 18.0 Å². The zero-order valence-electron chi connectivity index (χ0n) is 7.78. The van der Waals surface area contributed by atoms with Gasteiger partial charge in [0.05, 0.1) is 11.4 Å². The van der Waals surface area contributed by atoms with Crippen LogP contribution in [0.4, 0.5) is 4.39 Å². The van der Waals surface area contributed by atoms with Crippen LogP contribution in [0.1, 0.15) is 18.3 Å². The lowest BCUT2D eigenvalue weighted by atomic mass is 10.1. The van der Waals surface area contributed by atoms with E-state index >= 15 is 0 Å². The molecule has 0 aliphatic heterocycles. The van der Waals surface area contributed by atoms with E-state index in [0.29, 0.717) is 5.69 Å². The van der Waals surface area contributed by atoms with Crippen LogP contribution >= 0.6 is 0 Å². The third-order valence-corrected chi connectivity index (χ3v) is 1.75. The molecule has 0 bridgehead atoms. The lowest BCUT2D eigenvalue weighted by Crippen LogP contribution is -2.01. The van der Waals surface area contributed by atoms with Crippen LogP contribution in [-0.2, 0) is 4.79 Å². The van der Waals surface area contributed by atoms with E-state index in [4.69, 9.17) is 5.11 Å². The molecule has 0 saturated heterocycles. The minimum absolute atomic E-state index is 0.0110. The lowest BCUT2D eigenvalue weighted by molar-refractivity contribution is -0.134. The highest BCUT2D eigenvalue weighted by atomic mass is 19.1. The van der Waals surface area contributed by atoms with E-state index in [0.717, 1.165) is 0 Å². The average Bonchev–Trinajstić information content (AvgIpc) is 2.16. The van der Waals surface area contributed by atoms with Crippen molar-refractivity contribution < 1.29 is 14.3 Å². The van der Waals surface area contributed by atoms with E-state index < -0.39 is 11.8 Å². The average molecular weight is 196 g/mol. The Bertz CT molecular complexity index is 402. The summed E-state index contributed by atoms with van der Waals surface area (Å²) in [5, 5.41) is 8.42. The maximum absolute atomic E-state index is 13.0. The van der Waals surface area contributed by atoms with Crippen molar-refractivity contribution in [1.82, 2.24) is 9.97 Å². The molecule has 14 heavy (non-hydrogen) atoms. The second-order valence-electron chi connectivity index (χ2n) is 2.73. The van der Waals surface area contributed by atoms with Gasteiger partial charge in [-0.3, -0.25) is 9.97 Å². The Balaban J connectivity index is 3.25. The van der Waals surface area contributed by atoms with Crippen LogP contribution < -0.4 is 0 Å². The number of aromatic nitrogens is 2. The molecule has 1 rings (SSSR count). The first-order valence-corrected chi connectivity index (χ1v) is 3.91. The van der Waals surface area contributed by atoms with Crippen molar-refractivity contribution in [2.24, 2.45) is 0 Å². The van der Waals surface area contributed by atoms with Gasteiger partial charge in [-0.25, -0.2) is 4.79 Å². The summed E-state index contributed by atoms with van der Waals surface area (Å²) in [4.78, 5) is 18.1. The first kappa shape index (κ1) is 10.3. The Morgan fingerprint density at radius 1 is 1.43 bits per heavy atom. The molecule has 0 unspecified atom stereocenters. The van der Waals surface area contributed by atoms with Crippen molar-refractivity contribution in [3.8, 4) is 0 Å². The van der Waals surface area contributed by atoms with Gasteiger partial charge in [0.25, 0.3) is 0 Å². The third kappa shape index (κ3) is 1.93. The standard InChI is InChI=1S/C9H9FN2O2/c1-5(7(10)9(13)14)8-6(2)11-3-4-12-8/h3-4H,1-2H3,(H,13,14)/b7-5-. The fourth-order valence-electron chi connectivity index (χ4n) is 1.04. The largest absolute Gasteiger partial charge is 0.476 e. The maximum Gasteiger partial charge on any atom is 0.365 e. The zero-order chi connectivity index (χ0) is 10.7. The summed E-state index contributed by atoms with van der Waals surface area (Å²) in [5.74, 6) is -2.79. The number of hydrogen-bond donors (Lipinski definition) is 1. The molecular weight excluding hydrogens is 187 g/mol. The highest BCUT2D eigenvalue weighted by molar-refractivity contribution is 5.93. The Labute approximate surface area is 80.1 Å². The van der Waals surface area contributed by atoms with Gasteiger partial charge in [-0.15, -0.1) is 0 Å². The van der Waals surface area contributed by atoms with E-state index in [2.05, 4.69) is 9.97 Å². The number of carbonyl (C=O) groups is 1. The highest BCUT2D eigenvalue weighted by Crippen LogP contribution is 2.18. The van der Waals surface area contributed by atoms with E-state index in [1.165, 1.54) is 19.3 Å². The number of aryl methyl sites for hydroxylation is 1. The second kappa shape index (κ2) is 3.95. The second-order valence-corrected chi connectivity index (χ2v) is 2.73. The van der Waals surface area contributed by atoms with Crippen LogP contribution in [0.3, 0.4) is 0 Å². The number of nitrogens with zero attached hydrogens (tertiary/aromatic N) is 2. The Morgan fingerprint density at radius 2 is 2.00 bits per heavy atom. The minimum Gasteiger partial charge on any atom is -0.476 e. The van der Waals surface area contributed by atoms with Crippen LogP contribution in [0.2, 0.25) is 0 Å². The molecule has 0 atom stereocenters. The molecule has 1 N–H and O–H groups in total. The van der Waals surface area contributed by atoms with Gasteiger partial charge in [-0.2, -0.15) is 4.39 Å². The van der Waals surface area contributed by atoms with Crippen molar-refractivity contribution in [3.05, 3.63) is 29.6 Å². The smallest absolute Gasteiger partial charge is 0.365 e. The fourth-order valence-corrected chi connectivity index (χ4v) is 1.04. The number of rotatable bonds is 2. The molecular formula is C9H9FN2O2. The predicted molar refractivity (Wildman–Crippen MR) is 48.1 cm³/mol. The molecule has 1 aromatic heterocycles. The highest BCUT2D eigenvalue weighted by Gasteiger charge is 2.14. The summed E-state index contributed by atoms with van der Waals surface area (Å²) in [5.41, 5.74) is 0.761. The molecule has 0 radical (unpaired) electrons. The van der Waals surface area contributed by atoms with E-state index in [-0.39, 0.29) is 11.3 Å². The van der Waals surface area contributed by atoms with Crippen LogP contribution in [0.15, 0.2) is 18.2 Å². The molecule has 4 nitrogen and oxygen atoms in total. The third-order valence-electron chi connectivity index (χ3n) is 1.75. The molecule has 0 aromatic carbocycles. The molecule has 0 spiro atoms. The molecule has 1 heterocycles. The fraction of sp³-hybridized carbons (Fsp3) is 0.222. The molecule has 0 fully saturated rings. The summed E-state index contributed by atoms with van der Waals surface area (Å²) >= 11 is 0. The summed E-state index contributed by atoms with van der Waals surface area (Å²) in [7, 11) is 0. The summed E-state index contributed by atoms with van der Waals surface area (Å²) in [6.07, 6.45) is 2.85. The van der Waals surface area contributed by atoms with Gasteiger partial charge >= 0.3 is 5.97 Å². The van der Waals surface area contributed by atoms with Gasteiger partial charge in [0.2, 0.25) is 5.83 Å². The first-order chi connectivity index (χ1) is 6.54. The van der Waals surface area contributed by atoms with Crippen molar-refractivity contribution >= 4 is 11.5 Å². The van der Waals surface area contributed by atoms with Gasteiger partial charge in [0.1, 0.15) is 0 Å². The normalized spacial score (nSPS) is 12.2. The van der Waals surface area contributed by atoms with Crippen LogP contribution in [0, 0.1) is 6.92 Å². The van der Waals surface area contributed by atoms with Crippen LogP contribution in [0.25, 0.3) is 5.57 Å². The molecule has 0 amide bonds. The molecule has 0 aliphatic carbocycles. The monoisotopic (exact) mass is 196 g/mol. The summed E-state index contributed by atoms with van der Waals surface area (Å²) < 4.78 is 13.0. The van der Waals surface area contributed by atoms with E-state index in [1.54, 1.807) is 6.92 Å². The van der Waals surface area contributed by atoms with Gasteiger partial charge in [-0.1, -0.05) is 0 Å². The number of aliphatic carboxylic acids is 1. The number of carboxylic acid groups (broad SMARTS) is 1. The number of carboxylic acids is 1. The van der Waals surface area contributed by atoms with Crippen molar-refractivity contribution in [1.29, 1.82) is 0 Å². The van der Waals surface area contributed by atoms with E-state index in [9.17, 15) is 9.18 Å².